The van der Waals surface area contributed by atoms with E-state index in [4.69, 9.17) is 0 Å². The second-order valence-electron chi connectivity index (χ2n) is 7.40. The molecule has 1 N–H and O–H groups in total. The van der Waals surface area contributed by atoms with Gasteiger partial charge in [0.25, 0.3) is 0 Å². The quantitative estimate of drug-likeness (QED) is 0.481. The summed E-state index contributed by atoms with van der Waals surface area (Å²) in [6, 6.07) is 8.04. The summed E-state index contributed by atoms with van der Waals surface area (Å²) in [7, 11) is 0. The lowest BCUT2D eigenvalue weighted by atomic mass is 10.3. The molecule has 1 amide bonds. The van der Waals surface area contributed by atoms with E-state index in [1.54, 1.807) is 18.0 Å². The molecular weight excluding hydrogens is 430 g/mol. The van der Waals surface area contributed by atoms with Gasteiger partial charge in [0, 0.05) is 43.5 Å². The third-order valence-electron chi connectivity index (χ3n) is 5.36. The maximum absolute atomic E-state index is 12.5. The van der Waals surface area contributed by atoms with Crippen LogP contribution in [0.5, 0.6) is 0 Å². The van der Waals surface area contributed by atoms with E-state index in [0.717, 1.165) is 52.9 Å². The van der Waals surface area contributed by atoms with Crippen LogP contribution in [0.25, 0.3) is 16.0 Å². The number of hydrogen-bond acceptors (Lipinski definition) is 8. The summed E-state index contributed by atoms with van der Waals surface area (Å²) < 4.78 is 3.01. The Morgan fingerprint density at radius 1 is 1.19 bits per heavy atom. The van der Waals surface area contributed by atoms with Gasteiger partial charge in [-0.05, 0) is 30.8 Å². The van der Waals surface area contributed by atoms with Crippen molar-refractivity contribution in [3.63, 3.8) is 0 Å². The molecule has 5 rings (SSSR count). The molecule has 0 saturated carbocycles. The van der Waals surface area contributed by atoms with Gasteiger partial charge in [0.05, 0.1) is 23.0 Å². The lowest BCUT2D eigenvalue weighted by molar-refractivity contribution is -0.117. The molecule has 0 atom stereocenters. The predicted octanol–water partition coefficient (Wildman–Crippen LogP) is 3.07. The number of imidazole rings is 1. The molecule has 0 unspecified atom stereocenters. The number of rotatable bonds is 6. The molecule has 4 heterocycles. The normalized spacial score (nSPS) is 15.6. The molecule has 0 radical (unpaired) electrons. The van der Waals surface area contributed by atoms with Crippen LogP contribution in [0.4, 0.5) is 5.13 Å². The van der Waals surface area contributed by atoms with Crippen molar-refractivity contribution in [3.05, 3.63) is 42.9 Å². The highest BCUT2D eigenvalue weighted by atomic mass is 32.2. The van der Waals surface area contributed by atoms with Crippen LogP contribution in [0.1, 0.15) is 6.92 Å². The summed E-state index contributed by atoms with van der Waals surface area (Å²) in [5, 5.41) is 4.63. The van der Waals surface area contributed by atoms with Gasteiger partial charge >= 0.3 is 0 Å². The van der Waals surface area contributed by atoms with Gasteiger partial charge in [0.2, 0.25) is 11.7 Å². The van der Waals surface area contributed by atoms with E-state index in [9.17, 15) is 4.79 Å². The molecule has 1 saturated heterocycles. The van der Waals surface area contributed by atoms with Gasteiger partial charge in [-0.15, -0.1) is 0 Å². The minimum Gasteiger partial charge on any atom is -0.301 e. The Hall–Kier alpha value is -2.53. The van der Waals surface area contributed by atoms with Crippen LogP contribution in [0.15, 0.2) is 52.8 Å². The van der Waals surface area contributed by atoms with E-state index in [1.165, 1.54) is 11.3 Å². The summed E-state index contributed by atoms with van der Waals surface area (Å²) in [6.07, 6.45) is 5.52. The van der Waals surface area contributed by atoms with E-state index in [1.807, 2.05) is 35.0 Å². The molecule has 1 aliphatic rings. The Kier molecular flexibility index (Phi) is 5.86. The molecule has 0 bridgehead atoms. The number of amides is 1. The second-order valence-corrected chi connectivity index (χ2v) is 9.52. The first-order valence-corrected chi connectivity index (χ1v) is 11.9. The number of nitrogens with zero attached hydrogens (tertiary/aromatic N) is 6. The van der Waals surface area contributed by atoms with Crippen LogP contribution in [0.3, 0.4) is 0 Å². The first-order chi connectivity index (χ1) is 15.2. The number of likely N-dealkylation sites (N-methyl/N-ethyl adjacent to an activating group) is 1. The van der Waals surface area contributed by atoms with Crippen LogP contribution >= 0.6 is 23.1 Å². The third-order valence-corrected chi connectivity index (χ3v) is 7.30. The van der Waals surface area contributed by atoms with Gasteiger partial charge in [0.1, 0.15) is 5.03 Å². The Morgan fingerprint density at radius 2 is 2.03 bits per heavy atom. The maximum atomic E-state index is 12.5. The molecule has 10 heteroatoms. The van der Waals surface area contributed by atoms with Crippen molar-refractivity contribution < 1.29 is 4.79 Å². The smallest absolute Gasteiger partial charge is 0.240 e. The SMILES string of the molecule is CCN1CCN(CC(=O)Nc2nc3ccc(Sc4cnc5ncccn45)cc3s2)CC1. The highest BCUT2D eigenvalue weighted by Gasteiger charge is 2.18. The zero-order valence-electron chi connectivity index (χ0n) is 17.2. The summed E-state index contributed by atoms with van der Waals surface area (Å²) in [6.45, 7) is 7.56. The van der Waals surface area contributed by atoms with E-state index in [2.05, 4.69) is 43.1 Å². The second kappa shape index (κ2) is 8.91. The molecule has 0 aliphatic carbocycles. The van der Waals surface area contributed by atoms with Crippen molar-refractivity contribution in [3.8, 4) is 0 Å². The largest absolute Gasteiger partial charge is 0.301 e. The summed E-state index contributed by atoms with van der Waals surface area (Å²) >= 11 is 3.13. The fourth-order valence-corrected chi connectivity index (χ4v) is 5.55. The molecule has 1 aliphatic heterocycles. The van der Waals surface area contributed by atoms with E-state index < -0.39 is 0 Å². The van der Waals surface area contributed by atoms with Crippen LogP contribution < -0.4 is 5.32 Å². The predicted molar refractivity (Wildman–Crippen MR) is 124 cm³/mol. The van der Waals surface area contributed by atoms with Crippen molar-refractivity contribution in [1.29, 1.82) is 0 Å². The lowest BCUT2D eigenvalue weighted by Gasteiger charge is -2.33. The van der Waals surface area contributed by atoms with Crippen molar-refractivity contribution in [2.24, 2.45) is 0 Å². The zero-order valence-corrected chi connectivity index (χ0v) is 18.8. The number of benzene rings is 1. The van der Waals surface area contributed by atoms with Gasteiger partial charge in [-0.2, -0.15) is 0 Å². The molecule has 3 aromatic heterocycles. The van der Waals surface area contributed by atoms with Crippen molar-refractivity contribution >= 4 is 50.1 Å². The number of nitrogens with one attached hydrogen (secondary N) is 1. The minimum absolute atomic E-state index is 0.00293. The maximum Gasteiger partial charge on any atom is 0.240 e. The molecule has 4 aromatic rings. The Bertz CT molecular complexity index is 1210. The Balaban J connectivity index is 1.25. The summed E-state index contributed by atoms with van der Waals surface area (Å²) in [5.41, 5.74) is 0.890. The molecule has 160 valence electrons. The van der Waals surface area contributed by atoms with Gasteiger partial charge in [-0.25, -0.2) is 15.0 Å². The number of anilines is 1. The standard InChI is InChI=1S/C21H23N7OS2/c1-2-26-8-10-27(11-9-26)14-18(29)25-21-24-16-5-4-15(12-17(16)31-21)30-19-13-23-20-22-6-3-7-28(19)20/h3-7,12-13H,2,8-11,14H2,1H3,(H,24,25,29). The highest BCUT2D eigenvalue weighted by molar-refractivity contribution is 7.99. The number of piperazine rings is 1. The fraction of sp³-hybridized carbons (Fsp3) is 0.333. The third kappa shape index (κ3) is 4.57. The van der Waals surface area contributed by atoms with Crippen LogP contribution in [-0.4, -0.2) is 74.3 Å². The fourth-order valence-electron chi connectivity index (χ4n) is 3.65. The van der Waals surface area contributed by atoms with Gasteiger partial charge < -0.3 is 10.2 Å². The summed E-state index contributed by atoms with van der Waals surface area (Å²) in [5.74, 6) is 0.682. The molecule has 31 heavy (non-hydrogen) atoms. The first-order valence-electron chi connectivity index (χ1n) is 10.3. The minimum atomic E-state index is -0.00293. The van der Waals surface area contributed by atoms with Crippen LogP contribution in [0, 0.1) is 0 Å². The number of aromatic nitrogens is 4. The Labute approximate surface area is 188 Å². The van der Waals surface area contributed by atoms with Crippen molar-refractivity contribution in [1.82, 2.24) is 29.2 Å². The van der Waals surface area contributed by atoms with Crippen LogP contribution in [0.2, 0.25) is 0 Å². The first kappa shape index (κ1) is 20.4. The number of thiazole rings is 1. The monoisotopic (exact) mass is 453 g/mol. The molecule has 0 spiro atoms. The van der Waals surface area contributed by atoms with Gasteiger partial charge in [-0.3, -0.25) is 14.1 Å². The van der Waals surface area contributed by atoms with E-state index >= 15 is 0 Å². The molecule has 8 nitrogen and oxygen atoms in total. The average molecular weight is 454 g/mol. The number of carbonyl (C=O) groups excluding carboxylic acids is 1. The number of fused-ring (bicyclic) bond motifs is 2. The summed E-state index contributed by atoms with van der Waals surface area (Å²) in [4.78, 5) is 31.4. The highest BCUT2D eigenvalue weighted by Crippen LogP contribution is 2.33. The van der Waals surface area contributed by atoms with Crippen molar-refractivity contribution in [2.45, 2.75) is 16.8 Å². The van der Waals surface area contributed by atoms with Crippen LogP contribution in [-0.2, 0) is 4.79 Å². The van der Waals surface area contributed by atoms with E-state index in [-0.39, 0.29) is 5.91 Å². The van der Waals surface area contributed by atoms with Gasteiger partial charge in [-0.1, -0.05) is 30.0 Å². The molecule has 1 fully saturated rings. The zero-order chi connectivity index (χ0) is 21.2. The average Bonchev–Trinajstić information content (AvgIpc) is 3.37. The molecular formula is C21H23N7OS2. The molecule has 1 aromatic carbocycles. The lowest BCUT2D eigenvalue weighted by Crippen LogP contribution is -2.48. The number of hydrogen-bond donors (Lipinski definition) is 1. The topological polar surface area (TPSA) is 78.7 Å². The van der Waals surface area contributed by atoms with E-state index in [0.29, 0.717) is 17.5 Å². The van der Waals surface area contributed by atoms with Crippen molar-refractivity contribution in [2.75, 3.05) is 44.6 Å². The Morgan fingerprint density at radius 3 is 2.87 bits per heavy atom. The van der Waals surface area contributed by atoms with Gasteiger partial charge in [0.15, 0.2) is 5.13 Å². The number of carbonyl (C=O) groups is 1.